The Morgan fingerprint density at radius 1 is 1.31 bits per heavy atom. The number of rotatable bonds is 2. The van der Waals surface area contributed by atoms with Gasteiger partial charge >= 0.3 is 0 Å². The molecule has 2 rings (SSSR count). The highest BCUT2D eigenvalue weighted by atomic mass is 32.1. The van der Waals surface area contributed by atoms with Crippen LogP contribution < -0.4 is 5.73 Å². The largest absolute Gasteiger partial charge is 0.391 e. The van der Waals surface area contributed by atoms with Crippen LogP contribution in [-0.4, -0.2) is 54.3 Å². The maximum Gasteiger partial charge on any atom is 0.251 e. The minimum absolute atomic E-state index is 0.0436. The fourth-order valence-electron chi connectivity index (χ4n) is 2.00. The van der Waals surface area contributed by atoms with Gasteiger partial charge in [0.1, 0.15) is 17.2 Å². The minimum atomic E-state index is -0.311. The third kappa shape index (κ3) is 2.50. The molecule has 1 amide bonds. The average molecular weight is 244 g/mol. The van der Waals surface area contributed by atoms with Gasteiger partial charge in [-0.05, 0) is 12.8 Å². The second kappa shape index (κ2) is 5.07. The normalized spacial score (nSPS) is 30.4. The number of hydrogen-bond acceptors (Lipinski definition) is 4. The van der Waals surface area contributed by atoms with E-state index in [0.29, 0.717) is 31.3 Å². The standard InChI is InChI=1S/C10H16N2O3S/c11-9(16)8-6-12(3-5-15-8)10(13)7-2-1-4-14-7/h7-8H,1-6H2,(H2,11,16). The van der Waals surface area contributed by atoms with Gasteiger partial charge in [0.25, 0.3) is 5.91 Å². The molecule has 2 unspecified atom stereocenters. The van der Waals surface area contributed by atoms with Gasteiger partial charge in [0.2, 0.25) is 0 Å². The maximum atomic E-state index is 12.0. The first kappa shape index (κ1) is 11.8. The van der Waals surface area contributed by atoms with E-state index in [9.17, 15) is 4.79 Å². The molecule has 0 aliphatic carbocycles. The van der Waals surface area contributed by atoms with Crippen LogP contribution in [0.4, 0.5) is 0 Å². The number of hydrogen-bond donors (Lipinski definition) is 1. The topological polar surface area (TPSA) is 64.8 Å². The number of carbonyl (C=O) groups is 1. The Labute approximate surface area is 99.9 Å². The van der Waals surface area contributed by atoms with Gasteiger partial charge in [-0.1, -0.05) is 12.2 Å². The van der Waals surface area contributed by atoms with E-state index in [0.717, 1.165) is 12.8 Å². The summed E-state index contributed by atoms with van der Waals surface area (Å²) in [5.41, 5.74) is 5.52. The van der Waals surface area contributed by atoms with Crippen LogP contribution in [0.15, 0.2) is 0 Å². The van der Waals surface area contributed by atoms with Gasteiger partial charge in [-0.15, -0.1) is 0 Å². The van der Waals surface area contributed by atoms with E-state index >= 15 is 0 Å². The van der Waals surface area contributed by atoms with Crippen molar-refractivity contribution in [3.63, 3.8) is 0 Å². The molecule has 2 aliphatic heterocycles. The molecule has 2 aliphatic rings. The van der Waals surface area contributed by atoms with Crippen LogP contribution in [0.2, 0.25) is 0 Å². The summed E-state index contributed by atoms with van der Waals surface area (Å²) >= 11 is 4.87. The number of morpholine rings is 1. The molecular weight excluding hydrogens is 228 g/mol. The fourth-order valence-corrected chi connectivity index (χ4v) is 2.14. The zero-order valence-electron chi connectivity index (χ0n) is 9.05. The van der Waals surface area contributed by atoms with Crippen LogP contribution in [0.3, 0.4) is 0 Å². The van der Waals surface area contributed by atoms with Gasteiger partial charge in [0.15, 0.2) is 0 Å². The molecule has 0 radical (unpaired) electrons. The van der Waals surface area contributed by atoms with E-state index in [2.05, 4.69) is 0 Å². The first-order chi connectivity index (χ1) is 7.68. The number of nitrogens with two attached hydrogens (primary N) is 1. The van der Waals surface area contributed by atoms with Gasteiger partial charge in [-0.3, -0.25) is 4.79 Å². The molecule has 16 heavy (non-hydrogen) atoms. The molecule has 0 aromatic heterocycles. The van der Waals surface area contributed by atoms with Crippen molar-refractivity contribution in [3.8, 4) is 0 Å². The summed E-state index contributed by atoms with van der Waals surface area (Å²) in [6.07, 6.45) is 1.19. The Kier molecular flexibility index (Phi) is 3.73. The zero-order valence-corrected chi connectivity index (χ0v) is 9.87. The van der Waals surface area contributed by atoms with Crippen LogP contribution in [0.25, 0.3) is 0 Å². The van der Waals surface area contributed by atoms with Crippen molar-refractivity contribution in [3.05, 3.63) is 0 Å². The maximum absolute atomic E-state index is 12.0. The second-order valence-corrected chi connectivity index (χ2v) is 4.52. The van der Waals surface area contributed by atoms with E-state index in [1.54, 1.807) is 4.90 Å². The van der Waals surface area contributed by atoms with Gasteiger partial charge in [0, 0.05) is 13.2 Å². The molecule has 6 heteroatoms. The van der Waals surface area contributed by atoms with Gasteiger partial charge in [-0.25, -0.2) is 0 Å². The van der Waals surface area contributed by atoms with Crippen molar-refractivity contribution >= 4 is 23.1 Å². The minimum Gasteiger partial charge on any atom is -0.391 e. The Balaban J connectivity index is 1.93. The monoisotopic (exact) mass is 244 g/mol. The first-order valence-electron chi connectivity index (χ1n) is 5.50. The Hall–Kier alpha value is -0.720. The van der Waals surface area contributed by atoms with E-state index in [1.165, 1.54) is 0 Å². The van der Waals surface area contributed by atoms with Crippen LogP contribution in [-0.2, 0) is 14.3 Å². The lowest BCUT2D eigenvalue weighted by Crippen LogP contribution is -2.52. The van der Waals surface area contributed by atoms with Crippen LogP contribution >= 0.6 is 12.2 Å². The third-order valence-electron chi connectivity index (χ3n) is 2.90. The number of carbonyl (C=O) groups excluding carboxylic acids is 1. The Morgan fingerprint density at radius 2 is 2.06 bits per heavy atom. The molecule has 0 aromatic carbocycles. The highest BCUT2D eigenvalue weighted by Gasteiger charge is 2.32. The predicted molar refractivity (Wildman–Crippen MR) is 62.1 cm³/mol. The highest BCUT2D eigenvalue weighted by Crippen LogP contribution is 2.16. The van der Waals surface area contributed by atoms with Gasteiger partial charge < -0.3 is 20.1 Å². The SMILES string of the molecule is NC(=S)C1CN(C(=O)C2CCCO2)CCO1. The molecule has 2 heterocycles. The average Bonchev–Trinajstić information content (AvgIpc) is 2.81. The molecule has 0 aromatic rings. The summed E-state index contributed by atoms with van der Waals surface area (Å²) in [6, 6.07) is 0. The van der Waals surface area contributed by atoms with Crippen molar-refractivity contribution in [1.29, 1.82) is 0 Å². The summed E-state index contributed by atoms with van der Waals surface area (Å²) < 4.78 is 10.7. The van der Waals surface area contributed by atoms with Crippen molar-refractivity contribution in [1.82, 2.24) is 4.90 Å². The number of nitrogens with zero attached hydrogens (tertiary/aromatic N) is 1. The second-order valence-electron chi connectivity index (χ2n) is 4.05. The van der Waals surface area contributed by atoms with E-state index < -0.39 is 0 Å². The highest BCUT2D eigenvalue weighted by molar-refractivity contribution is 7.80. The molecule has 2 saturated heterocycles. The molecule has 2 fully saturated rings. The molecule has 0 bridgehead atoms. The number of ether oxygens (including phenoxy) is 2. The molecule has 5 nitrogen and oxygen atoms in total. The Bertz CT molecular complexity index is 292. The van der Waals surface area contributed by atoms with Crippen LogP contribution in [0, 0.1) is 0 Å². The summed E-state index contributed by atoms with van der Waals surface area (Å²) in [4.78, 5) is 14.1. The summed E-state index contributed by atoms with van der Waals surface area (Å²) in [7, 11) is 0. The molecular formula is C10H16N2O3S. The molecule has 0 spiro atoms. The molecule has 0 saturated carbocycles. The van der Waals surface area contributed by atoms with Gasteiger partial charge in [0.05, 0.1) is 13.2 Å². The molecule has 90 valence electrons. The number of thiocarbonyl (C=S) groups is 1. The van der Waals surface area contributed by atoms with Crippen molar-refractivity contribution < 1.29 is 14.3 Å². The van der Waals surface area contributed by atoms with E-state index in [1.807, 2.05) is 0 Å². The van der Waals surface area contributed by atoms with E-state index in [4.69, 9.17) is 27.4 Å². The van der Waals surface area contributed by atoms with Crippen molar-refractivity contribution in [2.24, 2.45) is 5.73 Å². The van der Waals surface area contributed by atoms with E-state index in [-0.39, 0.29) is 18.1 Å². The lowest BCUT2D eigenvalue weighted by molar-refractivity contribution is -0.146. The first-order valence-corrected chi connectivity index (χ1v) is 5.90. The summed E-state index contributed by atoms with van der Waals surface area (Å²) in [5.74, 6) is 0.0436. The lowest BCUT2D eigenvalue weighted by atomic mass is 10.2. The quantitative estimate of drug-likeness (QED) is 0.674. The number of amides is 1. The van der Waals surface area contributed by atoms with Crippen molar-refractivity contribution in [2.75, 3.05) is 26.3 Å². The predicted octanol–water partition coefficient (Wildman–Crippen LogP) is -0.321. The van der Waals surface area contributed by atoms with Crippen LogP contribution in [0.5, 0.6) is 0 Å². The van der Waals surface area contributed by atoms with Gasteiger partial charge in [-0.2, -0.15) is 0 Å². The zero-order chi connectivity index (χ0) is 11.5. The van der Waals surface area contributed by atoms with Crippen molar-refractivity contribution in [2.45, 2.75) is 25.0 Å². The molecule has 2 N–H and O–H groups in total. The van der Waals surface area contributed by atoms with Crippen LogP contribution in [0.1, 0.15) is 12.8 Å². The summed E-state index contributed by atoms with van der Waals surface area (Å²) in [6.45, 7) is 2.21. The fraction of sp³-hybridized carbons (Fsp3) is 0.800. The smallest absolute Gasteiger partial charge is 0.251 e. The Morgan fingerprint density at radius 3 is 2.69 bits per heavy atom. The lowest BCUT2D eigenvalue weighted by Gasteiger charge is -2.33. The third-order valence-corrected chi connectivity index (χ3v) is 3.16. The summed E-state index contributed by atoms with van der Waals surface area (Å²) in [5, 5.41) is 0. The molecule has 2 atom stereocenters.